The van der Waals surface area contributed by atoms with Crippen molar-refractivity contribution >= 4 is 39.9 Å². The van der Waals surface area contributed by atoms with Gasteiger partial charge in [0.05, 0.1) is 12.8 Å². The zero-order valence-corrected chi connectivity index (χ0v) is 15.5. The average Bonchev–Trinajstić information content (AvgIpc) is 2.69. The van der Waals surface area contributed by atoms with Gasteiger partial charge in [-0.05, 0) is 29.8 Å². The largest absolute Gasteiger partial charge is 0.494 e. The summed E-state index contributed by atoms with van der Waals surface area (Å²) in [5, 5.41) is 7.99. The van der Waals surface area contributed by atoms with Gasteiger partial charge in [-0.25, -0.2) is 4.99 Å². The van der Waals surface area contributed by atoms with E-state index in [1.54, 1.807) is 18.9 Å². The maximum absolute atomic E-state index is 11.4. The Balaban J connectivity index is 1.69. The first-order valence-electron chi connectivity index (χ1n) is 8.27. The first kappa shape index (κ1) is 18.0. The molecule has 0 unspecified atom stereocenters. The van der Waals surface area contributed by atoms with Crippen molar-refractivity contribution in [3.8, 4) is 5.75 Å². The van der Waals surface area contributed by atoms with E-state index < -0.39 is 0 Å². The second-order valence-electron chi connectivity index (χ2n) is 5.53. The van der Waals surface area contributed by atoms with E-state index in [0.29, 0.717) is 12.2 Å². The fraction of sp³-hybridized carbons (Fsp3) is 0.211. The molecular weight excluding hydrogens is 348 g/mol. The van der Waals surface area contributed by atoms with Gasteiger partial charge in [0.1, 0.15) is 11.4 Å². The van der Waals surface area contributed by atoms with Crippen LogP contribution in [-0.2, 0) is 4.79 Å². The molecule has 1 amide bonds. The number of thioether (sulfide) groups is 1. The molecule has 1 heterocycles. The second kappa shape index (κ2) is 8.53. The second-order valence-corrected chi connectivity index (χ2v) is 6.49. The molecular formula is C19H20N4O2S. The fourth-order valence-electron chi connectivity index (χ4n) is 2.35. The summed E-state index contributed by atoms with van der Waals surface area (Å²) in [7, 11) is 1.63. The van der Waals surface area contributed by atoms with Crippen LogP contribution in [0.5, 0.6) is 5.75 Å². The number of hydrogen-bond donors (Lipinski definition) is 2. The fourth-order valence-corrected chi connectivity index (χ4v) is 3.13. The summed E-state index contributed by atoms with van der Waals surface area (Å²) in [4.78, 5) is 16.0. The summed E-state index contributed by atoms with van der Waals surface area (Å²) in [5.41, 5.74) is 6.49. The number of aliphatic imine (C=N–C) groups is 1. The molecule has 0 radical (unpaired) electrons. The molecule has 0 fully saturated rings. The standard InChI is InChI=1S/C19H20N4O2S/c1-3-18(24)20-14-10-8-13(9-11-14)16-12-26-19(23-22-16)21-15-6-4-5-7-17(15)25-2/h4-11H,3,12H2,1-2H3,(H,20,24)(H,21,23). The summed E-state index contributed by atoms with van der Waals surface area (Å²) in [6.07, 6.45) is 0.462. The van der Waals surface area contributed by atoms with Crippen LogP contribution < -0.4 is 15.5 Å². The van der Waals surface area contributed by atoms with E-state index in [-0.39, 0.29) is 5.91 Å². The van der Waals surface area contributed by atoms with Crippen molar-refractivity contribution in [1.29, 1.82) is 0 Å². The molecule has 1 aliphatic rings. The number of para-hydroxylation sites is 2. The maximum Gasteiger partial charge on any atom is 0.224 e. The molecule has 2 aromatic carbocycles. The molecule has 7 heteroatoms. The topological polar surface area (TPSA) is 75.1 Å². The number of amidine groups is 1. The highest BCUT2D eigenvalue weighted by atomic mass is 32.2. The Labute approximate surface area is 156 Å². The lowest BCUT2D eigenvalue weighted by atomic mass is 10.1. The Kier molecular flexibility index (Phi) is 5.91. The monoisotopic (exact) mass is 368 g/mol. The van der Waals surface area contributed by atoms with Gasteiger partial charge in [0.25, 0.3) is 0 Å². The molecule has 0 aromatic heterocycles. The van der Waals surface area contributed by atoms with Crippen molar-refractivity contribution in [3.63, 3.8) is 0 Å². The van der Waals surface area contributed by atoms with Crippen molar-refractivity contribution in [1.82, 2.24) is 5.43 Å². The molecule has 6 nitrogen and oxygen atoms in total. The molecule has 0 aliphatic carbocycles. The molecule has 26 heavy (non-hydrogen) atoms. The number of hydrazone groups is 1. The molecule has 0 saturated heterocycles. The van der Waals surface area contributed by atoms with Crippen LogP contribution in [0, 0.1) is 0 Å². The number of benzene rings is 2. The lowest BCUT2D eigenvalue weighted by Gasteiger charge is -2.15. The van der Waals surface area contributed by atoms with Crippen LogP contribution in [0.1, 0.15) is 18.9 Å². The molecule has 134 valence electrons. The van der Waals surface area contributed by atoms with Crippen molar-refractivity contribution in [3.05, 3.63) is 54.1 Å². The van der Waals surface area contributed by atoms with Crippen LogP contribution in [0.2, 0.25) is 0 Å². The third-order valence-electron chi connectivity index (χ3n) is 3.76. The summed E-state index contributed by atoms with van der Waals surface area (Å²) in [6.45, 7) is 1.83. The van der Waals surface area contributed by atoms with E-state index in [2.05, 4.69) is 20.8 Å². The van der Waals surface area contributed by atoms with Crippen molar-refractivity contribution < 1.29 is 9.53 Å². The van der Waals surface area contributed by atoms with Crippen molar-refractivity contribution in [2.45, 2.75) is 13.3 Å². The third-order valence-corrected chi connectivity index (χ3v) is 4.64. The minimum atomic E-state index is 0.00201. The summed E-state index contributed by atoms with van der Waals surface area (Å²) in [5.74, 6) is 1.44. The summed E-state index contributed by atoms with van der Waals surface area (Å²) in [6, 6.07) is 15.3. The molecule has 2 aromatic rings. The van der Waals surface area contributed by atoms with Crippen LogP contribution in [0.4, 0.5) is 11.4 Å². The van der Waals surface area contributed by atoms with Gasteiger partial charge in [-0.1, -0.05) is 43.0 Å². The van der Waals surface area contributed by atoms with Gasteiger partial charge in [0, 0.05) is 17.9 Å². The molecule has 0 saturated carbocycles. The van der Waals surface area contributed by atoms with Gasteiger partial charge in [0.15, 0.2) is 5.17 Å². The predicted octanol–water partition coefficient (Wildman–Crippen LogP) is 3.77. The van der Waals surface area contributed by atoms with Crippen molar-refractivity contribution in [2.75, 3.05) is 18.2 Å². The molecule has 3 rings (SSSR count). The quantitative estimate of drug-likeness (QED) is 0.842. The number of rotatable bonds is 5. The normalized spacial score (nSPS) is 15.2. The zero-order valence-electron chi connectivity index (χ0n) is 14.7. The number of hydrogen-bond acceptors (Lipinski definition) is 5. The van der Waals surface area contributed by atoms with Crippen LogP contribution in [0.3, 0.4) is 0 Å². The number of anilines is 1. The number of methoxy groups -OCH3 is 1. The summed E-state index contributed by atoms with van der Waals surface area (Å²) < 4.78 is 5.31. The number of nitrogens with zero attached hydrogens (tertiary/aromatic N) is 2. The number of carbonyl (C=O) groups is 1. The zero-order chi connectivity index (χ0) is 18.4. The van der Waals surface area contributed by atoms with E-state index in [9.17, 15) is 4.79 Å². The summed E-state index contributed by atoms with van der Waals surface area (Å²) >= 11 is 1.58. The van der Waals surface area contributed by atoms with Gasteiger partial charge in [-0.15, -0.1) is 0 Å². The van der Waals surface area contributed by atoms with Gasteiger partial charge < -0.3 is 10.1 Å². The number of carbonyl (C=O) groups excluding carboxylic acids is 1. The van der Waals surface area contributed by atoms with E-state index in [0.717, 1.165) is 33.6 Å². The highest BCUT2D eigenvalue weighted by Crippen LogP contribution is 2.28. The van der Waals surface area contributed by atoms with E-state index >= 15 is 0 Å². The minimum absolute atomic E-state index is 0.00201. The number of amides is 1. The Morgan fingerprint density at radius 1 is 1.27 bits per heavy atom. The molecule has 2 N–H and O–H groups in total. The Morgan fingerprint density at radius 3 is 2.69 bits per heavy atom. The van der Waals surface area contributed by atoms with Gasteiger partial charge >= 0.3 is 0 Å². The van der Waals surface area contributed by atoms with Gasteiger partial charge in [-0.2, -0.15) is 5.10 Å². The van der Waals surface area contributed by atoms with Crippen LogP contribution >= 0.6 is 11.8 Å². The van der Waals surface area contributed by atoms with Gasteiger partial charge in [0.2, 0.25) is 5.91 Å². The Morgan fingerprint density at radius 2 is 2.04 bits per heavy atom. The smallest absolute Gasteiger partial charge is 0.224 e. The first-order chi connectivity index (χ1) is 12.7. The van der Waals surface area contributed by atoms with Gasteiger partial charge in [-0.3, -0.25) is 10.2 Å². The van der Waals surface area contributed by atoms with Crippen molar-refractivity contribution in [2.24, 2.45) is 10.1 Å². The highest BCUT2D eigenvalue weighted by Gasteiger charge is 2.14. The maximum atomic E-state index is 11.4. The highest BCUT2D eigenvalue weighted by molar-refractivity contribution is 8.14. The van der Waals surface area contributed by atoms with Crippen LogP contribution in [0.15, 0.2) is 58.6 Å². The van der Waals surface area contributed by atoms with Crippen LogP contribution in [0.25, 0.3) is 0 Å². The molecule has 0 spiro atoms. The van der Waals surface area contributed by atoms with Crippen LogP contribution in [-0.4, -0.2) is 29.6 Å². The molecule has 1 aliphatic heterocycles. The van der Waals surface area contributed by atoms with E-state index in [1.165, 1.54) is 0 Å². The Hall–Kier alpha value is -2.80. The lowest BCUT2D eigenvalue weighted by molar-refractivity contribution is -0.115. The van der Waals surface area contributed by atoms with E-state index in [4.69, 9.17) is 4.74 Å². The predicted molar refractivity (Wildman–Crippen MR) is 108 cm³/mol. The third kappa shape index (κ3) is 4.43. The number of ether oxygens (including phenoxy) is 1. The SMILES string of the molecule is CCC(=O)Nc1ccc(C2=NNC(=Nc3ccccc3OC)SC2)cc1. The van der Waals surface area contributed by atoms with E-state index in [1.807, 2.05) is 55.5 Å². The minimum Gasteiger partial charge on any atom is -0.494 e. The lowest BCUT2D eigenvalue weighted by Crippen LogP contribution is -2.25. The average molecular weight is 368 g/mol. The molecule has 0 bridgehead atoms. The molecule has 0 atom stereocenters. The Bertz CT molecular complexity index is 847. The number of nitrogens with one attached hydrogen (secondary N) is 2. The first-order valence-corrected chi connectivity index (χ1v) is 9.25.